The van der Waals surface area contributed by atoms with Gasteiger partial charge in [-0.1, -0.05) is 18.2 Å². The molecule has 2 aromatic heterocycles. The topological polar surface area (TPSA) is 77.0 Å². The first-order valence-electron chi connectivity index (χ1n) is 8.36. The van der Waals surface area contributed by atoms with E-state index in [1.54, 1.807) is 6.92 Å². The van der Waals surface area contributed by atoms with Crippen LogP contribution in [-0.2, 0) is 11.3 Å². The first-order chi connectivity index (χ1) is 11.6. The molecule has 2 heterocycles. The first-order valence-corrected chi connectivity index (χ1v) is 8.36. The molecule has 6 nitrogen and oxygen atoms in total. The first kappa shape index (κ1) is 16.2. The zero-order valence-corrected chi connectivity index (χ0v) is 14.2. The Labute approximate surface area is 141 Å². The van der Waals surface area contributed by atoms with Gasteiger partial charge in [-0.05, 0) is 25.8 Å². The van der Waals surface area contributed by atoms with Gasteiger partial charge in [-0.3, -0.25) is 4.79 Å². The molecule has 2 N–H and O–H groups in total. The summed E-state index contributed by atoms with van der Waals surface area (Å²) in [4.78, 5) is 22.2. The molecule has 0 fully saturated rings. The van der Waals surface area contributed by atoms with Gasteiger partial charge >= 0.3 is 0 Å². The van der Waals surface area contributed by atoms with E-state index in [2.05, 4.69) is 20.6 Å². The Morgan fingerprint density at radius 2 is 2.08 bits per heavy atom. The third-order valence-electron chi connectivity index (χ3n) is 4.38. The van der Waals surface area contributed by atoms with Gasteiger partial charge in [0.1, 0.15) is 5.52 Å². The number of hydrogen-bond donors (Lipinski definition) is 1. The Bertz CT molecular complexity index is 870. The third kappa shape index (κ3) is 3.04. The molecule has 24 heavy (non-hydrogen) atoms. The van der Waals surface area contributed by atoms with Gasteiger partial charge in [-0.25, -0.2) is 9.97 Å². The fraction of sp³-hybridized carbons (Fsp3) is 0.389. The summed E-state index contributed by atoms with van der Waals surface area (Å²) in [5.41, 5.74) is 8.73. The fourth-order valence-corrected chi connectivity index (χ4v) is 3.10. The van der Waals surface area contributed by atoms with Crippen LogP contribution >= 0.6 is 0 Å². The van der Waals surface area contributed by atoms with Crippen LogP contribution in [0.25, 0.3) is 21.9 Å². The summed E-state index contributed by atoms with van der Waals surface area (Å²) in [6.07, 6.45) is 3.77. The number of carbonyl (C=O) groups is 1. The lowest BCUT2D eigenvalue weighted by Crippen LogP contribution is -2.29. The molecule has 1 amide bonds. The predicted molar refractivity (Wildman–Crippen MR) is 96.6 cm³/mol. The Hall–Kier alpha value is -2.63. The van der Waals surface area contributed by atoms with Gasteiger partial charge < -0.3 is 15.2 Å². The van der Waals surface area contributed by atoms with Gasteiger partial charge in [0.15, 0.2) is 5.82 Å². The van der Waals surface area contributed by atoms with Crippen LogP contribution in [0, 0.1) is 0 Å². The molecular formula is C18H23N5O. The monoisotopic (exact) mass is 325 g/mol. The van der Waals surface area contributed by atoms with Crippen LogP contribution < -0.4 is 5.73 Å². The van der Waals surface area contributed by atoms with Gasteiger partial charge in [0, 0.05) is 31.9 Å². The molecule has 6 heteroatoms. The number of benzene rings is 1. The van der Waals surface area contributed by atoms with Crippen LogP contribution in [0.15, 0.2) is 30.6 Å². The van der Waals surface area contributed by atoms with Crippen molar-refractivity contribution >= 4 is 33.7 Å². The summed E-state index contributed by atoms with van der Waals surface area (Å²) in [7, 11) is 0. The summed E-state index contributed by atoms with van der Waals surface area (Å²) in [5, 5.41) is 1.07. The number of anilines is 1. The van der Waals surface area contributed by atoms with E-state index in [-0.39, 0.29) is 5.91 Å². The average Bonchev–Trinajstić information content (AvgIpc) is 2.99. The molecule has 3 aromatic rings. The van der Waals surface area contributed by atoms with Gasteiger partial charge in [0.05, 0.1) is 17.4 Å². The number of hydrogen-bond acceptors (Lipinski definition) is 4. The van der Waals surface area contributed by atoms with Crippen molar-refractivity contribution in [3.05, 3.63) is 30.6 Å². The number of unbranched alkanes of at least 4 members (excludes halogenated alkanes) is 1. The normalized spacial score (nSPS) is 11.2. The number of imidazole rings is 1. The number of nitrogen functional groups attached to an aromatic ring is 1. The molecule has 0 bridgehead atoms. The maximum atomic E-state index is 11.4. The summed E-state index contributed by atoms with van der Waals surface area (Å²) < 4.78 is 2.14. The zero-order chi connectivity index (χ0) is 17.1. The molecule has 0 saturated carbocycles. The molecule has 0 aliphatic rings. The third-order valence-corrected chi connectivity index (χ3v) is 4.38. The number of aromatic nitrogens is 3. The quantitative estimate of drug-likeness (QED) is 0.707. The SMILES string of the molecule is CCN(CCCCn1cnc2c(N)nc3ccccc3c21)C(C)=O. The predicted octanol–water partition coefficient (Wildman–Crippen LogP) is 2.82. The van der Waals surface area contributed by atoms with E-state index in [4.69, 9.17) is 5.73 Å². The second-order valence-electron chi connectivity index (χ2n) is 5.96. The van der Waals surface area contributed by atoms with Crippen molar-refractivity contribution in [2.75, 3.05) is 18.8 Å². The van der Waals surface area contributed by atoms with Crippen molar-refractivity contribution in [2.45, 2.75) is 33.2 Å². The Morgan fingerprint density at radius 3 is 2.83 bits per heavy atom. The molecule has 0 saturated heterocycles. The molecule has 1 aromatic carbocycles. The average molecular weight is 325 g/mol. The molecule has 0 aliphatic heterocycles. The van der Waals surface area contributed by atoms with Crippen molar-refractivity contribution in [1.29, 1.82) is 0 Å². The van der Waals surface area contributed by atoms with E-state index in [1.807, 2.05) is 36.4 Å². The van der Waals surface area contributed by atoms with E-state index in [0.717, 1.165) is 54.4 Å². The Kier molecular flexibility index (Phi) is 4.64. The molecule has 0 atom stereocenters. The van der Waals surface area contributed by atoms with E-state index in [0.29, 0.717) is 5.82 Å². The summed E-state index contributed by atoms with van der Waals surface area (Å²) in [6.45, 7) is 6.03. The number of nitrogens with two attached hydrogens (primary N) is 1. The number of nitrogens with zero attached hydrogens (tertiary/aromatic N) is 4. The van der Waals surface area contributed by atoms with Gasteiger partial charge in [0.2, 0.25) is 5.91 Å². The smallest absolute Gasteiger partial charge is 0.219 e. The molecule has 0 radical (unpaired) electrons. The van der Waals surface area contributed by atoms with Crippen molar-refractivity contribution in [3.8, 4) is 0 Å². The molecule has 126 valence electrons. The van der Waals surface area contributed by atoms with Crippen LogP contribution in [-0.4, -0.2) is 38.4 Å². The largest absolute Gasteiger partial charge is 0.382 e. The number of aryl methyl sites for hydroxylation is 1. The summed E-state index contributed by atoms with van der Waals surface area (Å²) in [6, 6.07) is 7.98. The minimum atomic E-state index is 0.135. The minimum absolute atomic E-state index is 0.135. The Balaban J connectivity index is 1.79. The number of amides is 1. The highest BCUT2D eigenvalue weighted by atomic mass is 16.2. The van der Waals surface area contributed by atoms with Gasteiger partial charge in [-0.2, -0.15) is 0 Å². The lowest BCUT2D eigenvalue weighted by Gasteiger charge is -2.18. The van der Waals surface area contributed by atoms with Crippen molar-refractivity contribution < 1.29 is 4.79 Å². The van der Waals surface area contributed by atoms with E-state index >= 15 is 0 Å². The highest BCUT2D eigenvalue weighted by Gasteiger charge is 2.12. The van der Waals surface area contributed by atoms with Crippen molar-refractivity contribution in [2.24, 2.45) is 0 Å². The molecule has 0 unspecified atom stereocenters. The fourth-order valence-electron chi connectivity index (χ4n) is 3.10. The number of pyridine rings is 1. The standard InChI is InChI=1S/C18H23N5O/c1-3-22(13(2)24)10-6-7-11-23-12-20-16-17(23)14-8-4-5-9-15(14)21-18(16)19/h4-5,8-9,12H,3,6-7,10-11H2,1-2H3,(H2,19,21). The lowest BCUT2D eigenvalue weighted by molar-refractivity contribution is -0.128. The number of carbonyl (C=O) groups excluding carboxylic acids is 1. The zero-order valence-electron chi connectivity index (χ0n) is 14.2. The Morgan fingerprint density at radius 1 is 1.29 bits per heavy atom. The van der Waals surface area contributed by atoms with Crippen LogP contribution in [0.4, 0.5) is 5.82 Å². The van der Waals surface area contributed by atoms with Crippen molar-refractivity contribution in [3.63, 3.8) is 0 Å². The van der Waals surface area contributed by atoms with Gasteiger partial charge in [-0.15, -0.1) is 0 Å². The van der Waals surface area contributed by atoms with Crippen LogP contribution in [0.3, 0.4) is 0 Å². The second-order valence-corrected chi connectivity index (χ2v) is 5.96. The molecule has 0 aliphatic carbocycles. The van der Waals surface area contributed by atoms with E-state index < -0.39 is 0 Å². The lowest BCUT2D eigenvalue weighted by atomic mass is 10.2. The number of rotatable bonds is 6. The maximum Gasteiger partial charge on any atom is 0.219 e. The number of para-hydroxylation sites is 1. The van der Waals surface area contributed by atoms with Crippen LogP contribution in [0.5, 0.6) is 0 Å². The van der Waals surface area contributed by atoms with Crippen LogP contribution in [0.2, 0.25) is 0 Å². The molecule has 0 spiro atoms. The number of fused-ring (bicyclic) bond motifs is 3. The molecular weight excluding hydrogens is 302 g/mol. The van der Waals surface area contributed by atoms with Crippen molar-refractivity contribution in [1.82, 2.24) is 19.4 Å². The minimum Gasteiger partial charge on any atom is -0.382 e. The second kappa shape index (κ2) is 6.86. The highest BCUT2D eigenvalue weighted by molar-refractivity contribution is 6.06. The van der Waals surface area contributed by atoms with Crippen LogP contribution in [0.1, 0.15) is 26.7 Å². The van der Waals surface area contributed by atoms with Gasteiger partial charge in [0.25, 0.3) is 0 Å². The van der Waals surface area contributed by atoms with E-state index in [9.17, 15) is 4.79 Å². The molecule has 3 rings (SSSR count). The maximum absolute atomic E-state index is 11.4. The summed E-state index contributed by atoms with van der Waals surface area (Å²) >= 11 is 0. The highest BCUT2D eigenvalue weighted by Crippen LogP contribution is 2.27. The van der Waals surface area contributed by atoms with E-state index in [1.165, 1.54) is 0 Å². The summed E-state index contributed by atoms with van der Waals surface area (Å²) in [5.74, 6) is 0.603.